The third-order valence-corrected chi connectivity index (χ3v) is 5.32. The highest BCUT2D eigenvalue weighted by Gasteiger charge is 2.18. The summed E-state index contributed by atoms with van der Waals surface area (Å²) >= 11 is 5.37. The van der Waals surface area contributed by atoms with Gasteiger partial charge in [0.1, 0.15) is 5.01 Å². The maximum absolute atomic E-state index is 4.74. The molecule has 1 atom stereocenters. The van der Waals surface area contributed by atoms with Crippen LogP contribution in [0, 0.1) is 12.8 Å². The van der Waals surface area contributed by atoms with E-state index in [0.29, 0.717) is 0 Å². The molecule has 0 saturated carbocycles. The first-order valence-electron chi connectivity index (χ1n) is 6.65. The van der Waals surface area contributed by atoms with E-state index in [4.69, 9.17) is 4.98 Å². The second kappa shape index (κ2) is 5.73. The van der Waals surface area contributed by atoms with Crippen LogP contribution < -0.4 is 5.32 Å². The molecular weight excluding hydrogens is 320 g/mol. The van der Waals surface area contributed by atoms with Gasteiger partial charge in [0.15, 0.2) is 0 Å². The van der Waals surface area contributed by atoms with Crippen LogP contribution >= 0.6 is 27.3 Å². The van der Waals surface area contributed by atoms with Gasteiger partial charge >= 0.3 is 0 Å². The Hall–Kier alpha value is -0.710. The van der Waals surface area contributed by atoms with Crippen LogP contribution in [0.1, 0.15) is 17.0 Å². The van der Waals surface area contributed by atoms with Gasteiger partial charge < -0.3 is 5.32 Å². The van der Waals surface area contributed by atoms with E-state index in [9.17, 15) is 0 Å². The highest BCUT2D eigenvalue weighted by atomic mass is 79.9. The summed E-state index contributed by atoms with van der Waals surface area (Å²) in [6.07, 6.45) is 2.47. The largest absolute Gasteiger partial charge is 0.316 e. The molecule has 1 N–H and O–H groups in total. The third kappa shape index (κ3) is 3.07. The Morgan fingerprint density at radius 1 is 1.47 bits per heavy atom. The molecule has 2 aromatic rings. The van der Waals surface area contributed by atoms with E-state index in [0.717, 1.165) is 21.9 Å². The molecular formula is C15H17BrN2S. The van der Waals surface area contributed by atoms with E-state index in [1.165, 1.54) is 35.5 Å². The van der Waals surface area contributed by atoms with Crippen LogP contribution in [0.3, 0.4) is 0 Å². The molecule has 1 fully saturated rings. The quantitative estimate of drug-likeness (QED) is 0.915. The second-order valence-corrected chi connectivity index (χ2v) is 7.10. The smallest absolute Gasteiger partial charge is 0.123 e. The number of hydrogen-bond donors (Lipinski definition) is 1. The Labute approximate surface area is 126 Å². The average Bonchev–Trinajstić information content (AvgIpc) is 3.01. The van der Waals surface area contributed by atoms with Gasteiger partial charge in [-0.25, -0.2) is 4.98 Å². The second-order valence-electron chi connectivity index (χ2n) is 5.10. The number of rotatable bonds is 3. The fraction of sp³-hybridized carbons (Fsp3) is 0.400. The van der Waals surface area contributed by atoms with E-state index in [1.54, 1.807) is 0 Å². The van der Waals surface area contributed by atoms with E-state index in [-0.39, 0.29) is 0 Å². The van der Waals surface area contributed by atoms with Gasteiger partial charge in [-0.05, 0) is 50.9 Å². The standard InChI is InChI=1S/C15H17BrN2S/c1-10-14(7-11-5-6-17-9-11)19-15(18-10)12-3-2-4-13(16)8-12/h2-4,8,11,17H,5-7,9H2,1H3. The first-order valence-corrected chi connectivity index (χ1v) is 8.26. The molecule has 2 heterocycles. The topological polar surface area (TPSA) is 24.9 Å². The molecule has 19 heavy (non-hydrogen) atoms. The molecule has 0 bridgehead atoms. The van der Waals surface area contributed by atoms with E-state index in [2.05, 4.69) is 52.4 Å². The zero-order valence-electron chi connectivity index (χ0n) is 10.9. The number of thiazole rings is 1. The van der Waals surface area contributed by atoms with Crippen LogP contribution in [0.5, 0.6) is 0 Å². The fourth-order valence-corrected chi connectivity index (χ4v) is 4.09. The lowest BCUT2D eigenvalue weighted by atomic mass is 10.0. The first kappa shape index (κ1) is 13.3. The highest BCUT2D eigenvalue weighted by molar-refractivity contribution is 9.10. The normalized spacial score (nSPS) is 18.9. The number of nitrogens with one attached hydrogen (secondary N) is 1. The Morgan fingerprint density at radius 2 is 2.37 bits per heavy atom. The Bertz CT molecular complexity index is 573. The number of benzene rings is 1. The summed E-state index contributed by atoms with van der Waals surface area (Å²) in [6, 6.07) is 8.38. The van der Waals surface area contributed by atoms with Crippen molar-refractivity contribution in [3.05, 3.63) is 39.3 Å². The van der Waals surface area contributed by atoms with E-state index >= 15 is 0 Å². The molecule has 100 valence electrons. The summed E-state index contributed by atoms with van der Waals surface area (Å²) in [6.45, 7) is 4.46. The van der Waals surface area contributed by atoms with Crippen molar-refractivity contribution in [2.24, 2.45) is 5.92 Å². The van der Waals surface area contributed by atoms with Gasteiger partial charge in [-0.15, -0.1) is 11.3 Å². The molecule has 1 aromatic carbocycles. The van der Waals surface area contributed by atoms with Crippen LogP contribution in [0.15, 0.2) is 28.7 Å². The summed E-state index contributed by atoms with van der Waals surface area (Å²) in [5, 5.41) is 4.57. The maximum atomic E-state index is 4.74. The van der Waals surface area contributed by atoms with Crippen LogP contribution in [0.4, 0.5) is 0 Å². The van der Waals surface area contributed by atoms with Crippen molar-refractivity contribution in [3.8, 4) is 10.6 Å². The summed E-state index contributed by atoms with van der Waals surface area (Å²) < 4.78 is 1.11. The molecule has 4 heteroatoms. The minimum Gasteiger partial charge on any atom is -0.316 e. The van der Waals surface area contributed by atoms with Gasteiger partial charge in [-0.2, -0.15) is 0 Å². The molecule has 0 radical (unpaired) electrons. The third-order valence-electron chi connectivity index (χ3n) is 3.60. The molecule has 2 nitrogen and oxygen atoms in total. The van der Waals surface area contributed by atoms with E-state index < -0.39 is 0 Å². The lowest BCUT2D eigenvalue weighted by Gasteiger charge is -2.05. The number of aromatic nitrogens is 1. The number of hydrogen-bond acceptors (Lipinski definition) is 3. The minimum absolute atomic E-state index is 0.787. The van der Waals surface area contributed by atoms with Gasteiger partial charge in [-0.1, -0.05) is 28.1 Å². The predicted octanol–water partition coefficient (Wildman–Crippen LogP) is 4.03. The van der Waals surface area contributed by atoms with Crippen molar-refractivity contribution in [1.82, 2.24) is 10.3 Å². The maximum Gasteiger partial charge on any atom is 0.123 e. The molecule has 1 aliphatic heterocycles. The van der Waals surface area contributed by atoms with Gasteiger partial charge in [0.05, 0.1) is 5.69 Å². The molecule has 1 aromatic heterocycles. The first-order chi connectivity index (χ1) is 9.22. The molecule has 1 saturated heterocycles. The van der Waals surface area contributed by atoms with E-state index in [1.807, 2.05) is 11.3 Å². The summed E-state index contributed by atoms with van der Waals surface area (Å²) in [5.74, 6) is 0.787. The van der Waals surface area contributed by atoms with Gasteiger partial charge in [0.2, 0.25) is 0 Å². The molecule has 1 aliphatic rings. The number of nitrogens with zero attached hydrogens (tertiary/aromatic N) is 1. The zero-order chi connectivity index (χ0) is 13.2. The summed E-state index contributed by atoms with van der Waals surface area (Å²) in [5.41, 5.74) is 2.41. The monoisotopic (exact) mass is 336 g/mol. The van der Waals surface area contributed by atoms with Crippen molar-refractivity contribution in [2.75, 3.05) is 13.1 Å². The molecule has 1 unspecified atom stereocenters. The van der Waals surface area contributed by atoms with Crippen molar-refractivity contribution < 1.29 is 0 Å². The Morgan fingerprint density at radius 3 is 3.11 bits per heavy atom. The van der Waals surface area contributed by atoms with Crippen molar-refractivity contribution in [3.63, 3.8) is 0 Å². The molecule has 3 rings (SSSR count). The average molecular weight is 337 g/mol. The van der Waals surface area contributed by atoms with Gasteiger partial charge in [-0.3, -0.25) is 0 Å². The van der Waals surface area contributed by atoms with Crippen LogP contribution in [-0.4, -0.2) is 18.1 Å². The molecule has 0 amide bonds. The predicted molar refractivity (Wildman–Crippen MR) is 84.7 cm³/mol. The highest BCUT2D eigenvalue weighted by Crippen LogP contribution is 2.31. The van der Waals surface area contributed by atoms with Crippen molar-refractivity contribution >= 4 is 27.3 Å². The SMILES string of the molecule is Cc1nc(-c2cccc(Br)c2)sc1CC1CCNC1. The van der Waals surface area contributed by atoms with Gasteiger partial charge in [0, 0.05) is 14.9 Å². The minimum atomic E-state index is 0.787. The lowest BCUT2D eigenvalue weighted by molar-refractivity contribution is 0.583. The van der Waals surface area contributed by atoms with Crippen LogP contribution in [0.25, 0.3) is 10.6 Å². The zero-order valence-corrected chi connectivity index (χ0v) is 13.4. The lowest BCUT2D eigenvalue weighted by Crippen LogP contribution is -2.10. The van der Waals surface area contributed by atoms with Crippen LogP contribution in [0.2, 0.25) is 0 Å². The van der Waals surface area contributed by atoms with Crippen molar-refractivity contribution in [2.45, 2.75) is 19.8 Å². The fourth-order valence-electron chi connectivity index (χ4n) is 2.51. The molecule has 0 spiro atoms. The number of halogens is 1. The van der Waals surface area contributed by atoms with Gasteiger partial charge in [0.25, 0.3) is 0 Å². The Kier molecular flexibility index (Phi) is 4.01. The van der Waals surface area contributed by atoms with Crippen LogP contribution in [-0.2, 0) is 6.42 Å². The Balaban J connectivity index is 1.84. The summed E-state index contributed by atoms with van der Waals surface area (Å²) in [4.78, 5) is 6.19. The van der Waals surface area contributed by atoms with Crippen molar-refractivity contribution in [1.29, 1.82) is 0 Å². The molecule has 0 aliphatic carbocycles. The number of aryl methyl sites for hydroxylation is 1. The summed E-state index contributed by atoms with van der Waals surface area (Å²) in [7, 11) is 0.